The van der Waals surface area contributed by atoms with Crippen molar-refractivity contribution in [2.75, 3.05) is 11.9 Å². The van der Waals surface area contributed by atoms with E-state index >= 15 is 0 Å². The quantitative estimate of drug-likeness (QED) is 0.438. The number of amides is 2. The molecular formula is C27H25FN6O2. The van der Waals surface area contributed by atoms with Gasteiger partial charge < -0.3 is 10.2 Å². The van der Waals surface area contributed by atoms with Crippen molar-refractivity contribution in [3.8, 4) is 0 Å². The summed E-state index contributed by atoms with van der Waals surface area (Å²) in [5.41, 5.74) is 2.92. The minimum absolute atomic E-state index is 0.0702. The molecule has 3 heterocycles. The van der Waals surface area contributed by atoms with Gasteiger partial charge in [-0.2, -0.15) is 5.10 Å². The van der Waals surface area contributed by atoms with Crippen LogP contribution in [0.1, 0.15) is 56.7 Å². The first kappa shape index (κ1) is 23.3. The van der Waals surface area contributed by atoms with E-state index in [4.69, 9.17) is 0 Å². The van der Waals surface area contributed by atoms with Crippen LogP contribution in [0.3, 0.4) is 0 Å². The summed E-state index contributed by atoms with van der Waals surface area (Å²) in [6.45, 7) is 2.94. The third kappa shape index (κ3) is 5.00. The number of nitrogens with one attached hydrogen (secondary N) is 1. The maximum Gasteiger partial charge on any atom is 0.259 e. The number of likely N-dealkylation sites (tertiary alicyclic amines) is 1. The number of hydrogen-bond donors (Lipinski definition) is 1. The van der Waals surface area contributed by atoms with Crippen molar-refractivity contribution < 1.29 is 14.0 Å². The number of nitrogens with zero attached hydrogens (tertiary/aromatic N) is 5. The van der Waals surface area contributed by atoms with Gasteiger partial charge in [0.05, 0.1) is 23.8 Å². The van der Waals surface area contributed by atoms with Gasteiger partial charge in [-0.05, 0) is 67.8 Å². The predicted molar refractivity (Wildman–Crippen MR) is 132 cm³/mol. The molecule has 5 rings (SSSR count). The van der Waals surface area contributed by atoms with Gasteiger partial charge in [-0.1, -0.05) is 12.1 Å². The van der Waals surface area contributed by atoms with E-state index in [1.165, 1.54) is 30.5 Å². The third-order valence-corrected chi connectivity index (χ3v) is 6.23. The molecule has 1 aliphatic rings. The highest BCUT2D eigenvalue weighted by atomic mass is 19.1. The van der Waals surface area contributed by atoms with E-state index in [0.717, 1.165) is 18.4 Å². The molecule has 0 radical (unpaired) electrons. The van der Waals surface area contributed by atoms with E-state index in [1.807, 2.05) is 41.2 Å². The topological polar surface area (TPSA) is 93.0 Å². The van der Waals surface area contributed by atoms with E-state index in [9.17, 15) is 14.0 Å². The van der Waals surface area contributed by atoms with E-state index < -0.39 is 0 Å². The molecule has 8 nitrogen and oxygen atoms in total. The number of carbonyl (C=O) groups is 2. The van der Waals surface area contributed by atoms with E-state index in [0.29, 0.717) is 41.4 Å². The fourth-order valence-electron chi connectivity index (χ4n) is 4.43. The van der Waals surface area contributed by atoms with Crippen LogP contribution in [0, 0.1) is 12.7 Å². The molecule has 2 aromatic heterocycles. The zero-order valence-corrected chi connectivity index (χ0v) is 19.8. The fraction of sp³-hybridized carbons (Fsp3) is 0.222. The second-order valence-corrected chi connectivity index (χ2v) is 8.75. The van der Waals surface area contributed by atoms with Gasteiger partial charge >= 0.3 is 0 Å². The van der Waals surface area contributed by atoms with Gasteiger partial charge in [-0.25, -0.2) is 14.4 Å². The molecule has 36 heavy (non-hydrogen) atoms. The van der Waals surface area contributed by atoms with Crippen molar-refractivity contribution in [2.24, 2.45) is 0 Å². The number of hydrogen-bond acceptors (Lipinski definition) is 5. The average Bonchev–Trinajstić information content (AvgIpc) is 3.57. The average molecular weight is 485 g/mol. The highest BCUT2D eigenvalue weighted by Crippen LogP contribution is 2.31. The summed E-state index contributed by atoms with van der Waals surface area (Å²) < 4.78 is 14.9. The first-order chi connectivity index (χ1) is 17.5. The van der Waals surface area contributed by atoms with Crippen molar-refractivity contribution >= 4 is 17.5 Å². The Morgan fingerprint density at radius 2 is 1.97 bits per heavy atom. The number of halogens is 1. The summed E-state index contributed by atoms with van der Waals surface area (Å²) in [6, 6.07) is 14.7. The summed E-state index contributed by atoms with van der Waals surface area (Å²) in [7, 11) is 0. The van der Waals surface area contributed by atoms with Crippen molar-refractivity contribution in [1.29, 1.82) is 0 Å². The summed E-state index contributed by atoms with van der Waals surface area (Å²) in [4.78, 5) is 37.0. The molecule has 1 saturated heterocycles. The highest BCUT2D eigenvalue weighted by Gasteiger charge is 2.33. The van der Waals surface area contributed by atoms with Gasteiger partial charge in [-0.3, -0.25) is 14.3 Å². The number of rotatable bonds is 6. The molecule has 1 fully saturated rings. The second-order valence-electron chi connectivity index (χ2n) is 8.75. The summed E-state index contributed by atoms with van der Waals surface area (Å²) in [5.74, 6) is -0.306. The first-order valence-corrected chi connectivity index (χ1v) is 11.8. The largest absolute Gasteiger partial charge is 0.328 e. The Bertz CT molecular complexity index is 1390. The lowest BCUT2D eigenvalue weighted by Gasteiger charge is -2.24. The standard InChI is InChI=1S/C27H25FN6O2/c1-18-23(26(35)32-22-10-8-21(28)9-11-22)16-29-25(31-18)24-7-3-14-34(24)27(36)20-6-2-5-19(15-20)17-33-13-4-12-30-33/h2,4-6,8-13,15-16,24H,3,7,14,17H2,1H3,(H,32,35). The molecule has 2 aromatic carbocycles. The summed E-state index contributed by atoms with van der Waals surface area (Å²) >= 11 is 0. The van der Waals surface area contributed by atoms with Gasteiger partial charge in [0.15, 0.2) is 5.82 Å². The molecule has 1 aliphatic heterocycles. The van der Waals surface area contributed by atoms with Gasteiger partial charge in [0, 0.05) is 36.4 Å². The molecule has 0 bridgehead atoms. The molecule has 0 aliphatic carbocycles. The van der Waals surface area contributed by atoms with Crippen molar-refractivity contribution in [3.05, 3.63) is 107 Å². The lowest BCUT2D eigenvalue weighted by atomic mass is 10.1. The van der Waals surface area contributed by atoms with Crippen LogP contribution in [-0.4, -0.2) is 43.0 Å². The number of benzene rings is 2. The Labute approximate surface area is 207 Å². The molecule has 1 unspecified atom stereocenters. The highest BCUT2D eigenvalue weighted by molar-refractivity contribution is 6.04. The van der Waals surface area contributed by atoms with Crippen molar-refractivity contribution in [3.63, 3.8) is 0 Å². The second kappa shape index (κ2) is 10.1. The van der Waals surface area contributed by atoms with E-state index in [1.54, 1.807) is 18.0 Å². The van der Waals surface area contributed by atoms with Gasteiger partial charge in [0.1, 0.15) is 5.82 Å². The zero-order chi connectivity index (χ0) is 25.1. The van der Waals surface area contributed by atoms with Gasteiger partial charge in [0.25, 0.3) is 11.8 Å². The zero-order valence-electron chi connectivity index (χ0n) is 19.8. The Morgan fingerprint density at radius 1 is 1.14 bits per heavy atom. The number of anilines is 1. The van der Waals surface area contributed by atoms with Crippen LogP contribution >= 0.6 is 0 Å². The Kier molecular flexibility index (Phi) is 6.53. The van der Waals surface area contributed by atoms with Crippen LogP contribution in [0.25, 0.3) is 0 Å². The number of carbonyl (C=O) groups excluding carboxylic acids is 2. The minimum Gasteiger partial charge on any atom is -0.328 e. The maximum atomic E-state index is 13.4. The molecule has 1 atom stereocenters. The first-order valence-electron chi connectivity index (χ1n) is 11.8. The van der Waals surface area contributed by atoms with E-state index in [2.05, 4.69) is 20.4 Å². The molecule has 0 saturated carbocycles. The van der Waals surface area contributed by atoms with Crippen LogP contribution in [0.15, 0.2) is 73.2 Å². The van der Waals surface area contributed by atoms with Crippen molar-refractivity contribution in [2.45, 2.75) is 32.4 Å². The number of aryl methyl sites for hydroxylation is 1. The maximum absolute atomic E-state index is 13.4. The molecule has 4 aromatic rings. The summed E-state index contributed by atoms with van der Waals surface area (Å²) in [5, 5.41) is 6.96. The van der Waals surface area contributed by atoms with Gasteiger partial charge in [0.2, 0.25) is 0 Å². The predicted octanol–water partition coefficient (Wildman–Crippen LogP) is 4.40. The van der Waals surface area contributed by atoms with Crippen LogP contribution in [0.4, 0.5) is 10.1 Å². The van der Waals surface area contributed by atoms with Crippen LogP contribution in [-0.2, 0) is 6.54 Å². The monoisotopic (exact) mass is 484 g/mol. The third-order valence-electron chi connectivity index (χ3n) is 6.23. The molecule has 2 amide bonds. The molecule has 9 heteroatoms. The molecule has 182 valence electrons. The summed E-state index contributed by atoms with van der Waals surface area (Å²) in [6.07, 6.45) is 6.69. The van der Waals surface area contributed by atoms with Crippen LogP contribution in [0.5, 0.6) is 0 Å². The Hall–Kier alpha value is -4.40. The van der Waals surface area contributed by atoms with E-state index in [-0.39, 0.29) is 23.7 Å². The normalized spacial score (nSPS) is 15.2. The minimum atomic E-state index is -0.378. The Morgan fingerprint density at radius 3 is 2.72 bits per heavy atom. The molecule has 0 spiro atoms. The lowest BCUT2D eigenvalue weighted by molar-refractivity contribution is 0.0729. The molecular weight excluding hydrogens is 459 g/mol. The number of aromatic nitrogens is 4. The fourth-order valence-corrected chi connectivity index (χ4v) is 4.43. The molecule has 1 N–H and O–H groups in total. The van der Waals surface area contributed by atoms with Crippen LogP contribution < -0.4 is 5.32 Å². The lowest BCUT2D eigenvalue weighted by Crippen LogP contribution is -2.32. The van der Waals surface area contributed by atoms with Gasteiger partial charge in [-0.15, -0.1) is 0 Å². The smallest absolute Gasteiger partial charge is 0.259 e. The SMILES string of the molecule is Cc1nc(C2CCCN2C(=O)c2cccc(Cn3cccn3)c2)ncc1C(=O)Nc1ccc(F)cc1. The van der Waals surface area contributed by atoms with Crippen LogP contribution in [0.2, 0.25) is 0 Å². The van der Waals surface area contributed by atoms with Crippen molar-refractivity contribution in [1.82, 2.24) is 24.6 Å². The Balaban J connectivity index is 1.32.